The van der Waals surface area contributed by atoms with E-state index in [1.54, 1.807) is 24.3 Å². The van der Waals surface area contributed by atoms with Crippen molar-refractivity contribution in [2.24, 2.45) is 0 Å². The predicted molar refractivity (Wildman–Crippen MR) is 76.8 cm³/mol. The molecule has 0 aliphatic carbocycles. The summed E-state index contributed by atoms with van der Waals surface area (Å²) in [5.74, 6) is -0.519. The SMILES string of the molecule is CCCOC(=O)C(c1ccc(Cl)cc1)=S(C)(C)=O. The van der Waals surface area contributed by atoms with Gasteiger partial charge in [0.1, 0.15) is 4.86 Å². The van der Waals surface area contributed by atoms with Gasteiger partial charge in [-0.2, -0.15) is 0 Å². The van der Waals surface area contributed by atoms with Crippen molar-refractivity contribution in [3.8, 4) is 0 Å². The van der Waals surface area contributed by atoms with E-state index >= 15 is 0 Å². The first-order valence-electron chi connectivity index (χ1n) is 5.60. The van der Waals surface area contributed by atoms with Crippen molar-refractivity contribution < 1.29 is 13.7 Å². The van der Waals surface area contributed by atoms with Crippen LogP contribution in [0.2, 0.25) is 5.02 Å². The summed E-state index contributed by atoms with van der Waals surface area (Å²) in [6, 6.07) is 6.68. The Labute approximate surface area is 113 Å². The van der Waals surface area contributed by atoms with E-state index in [1.165, 1.54) is 12.5 Å². The molecular formula is C13H17ClO3S. The molecule has 100 valence electrons. The average molecular weight is 289 g/mol. The highest BCUT2D eigenvalue weighted by Crippen LogP contribution is 2.12. The Morgan fingerprint density at radius 2 is 1.83 bits per heavy atom. The molecule has 0 atom stereocenters. The van der Waals surface area contributed by atoms with Crippen LogP contribution in [0.3, 0.4) is 0 Å². The molecule has 1 aromatic rings. The lowest BCUT2D eigenvalue weighted by Crippen LogP contribution is -2.26. The Bertz CT molecular complexity index is 532. The molecule has 3 nitrogen and oxygen atoms in total. The Balaban J connectivity index is 3.21. The molecule has 0 spiro atoms. The zero-order valence-electron chi connectivity index (χ0n) is 10.7. The second-order valence-corrected chi connectivity index (χ2v) is 7.52. The second kappa shape index (κ2) is 6.25. The molecule has 0 fully saturated rings. The Kier molecular flexibility index (Phi) is 5.23. The second-order valence-electron chi connectivity index (χ2n) is 4.21. The van der Waals surface area contributed by atoms with E-state index in [9.17, 15) is 9.00 Å². The number of carbonyl (C=O) groups is 1. The van der Waals surface area contributed by atoms with Crippen LogP contribution in [0, 0.1) is 0 Å². The van der Waals surface area contributed by atoms with Gasteiger partial charge >= 0.3 is 5.97 Å². The molecule has 0 saturated carbocycles. The van der Waals surface area contributed by atoms with Crippen molar-refractivity contribution in [2.75, 3.05) is 19.1 Å². The first-order chi connectivity index (χ1) is 8.36. The summed E-state index contributed by atoms with van der Waals surface area (Å²) in [7, 11) is -2.41. The van der Waals surface area contributed by atoms with Gasteiger partial charge in [-0.05, 0) is 33.6 Å². The van der Waals surface area contributed by atoms with Crippen molar-refractivity contribution in [2.45, 2.75) is 13.3 Å². The highest BCUT2D eigenvalue weighted by molar-refractivity contribution is 8.02. The third-order valence-electron chi connectivity index (χ3n) is 2.22. The summed E-state index contributed by atoms with van der Waals surface area (Å²) < 4.78 is 17.3. The summed E-state index contributed by atoms with van der Waals surface area (Å²) in [6.45, 7) is 2.23. The van der Waals surface area contributed by atoms with E-state index in [-0.39, 0.29) is 4.86 Å². The normalized spacial score (nSPS) is 11.1. The maximum atomic E-state index is 12.2. The molecule has 0 aromatic heterocycles. The van der Waals surface area contributed by atoms with E-state index in [0.29, 0.717) is 17.2 Å². The average Bonchev–Trinajstić information content (AvgIpc) is 2.27. The first-order valence-corrected chi connectivity index (χ1v) is 8.35. The van der Waals surface area contributed by atoms with E-state index in [2.05, 4.69) is 0 Å². The van der Waals surface area contributed by atoms with E-state index in [4.69, 9.17) is 16.3 Å². The van der Waals surface area contributed by atoms with Crippen LogP contribution >= 0.6 is 11.6 Å². The van der Waals surface area contributed by atoms with E-state index in [1.807, 2.05) is 6.92 Å². The molecule has 1 aromatic carbocycles. The number of benzene rings is 1. The maximum Gasteiger partial charge on any atom is 0.346 e. The number of halogens is 1. The monoisotopic (exact) mass is 288 g/mol. The molecule has 0 bridgehead atoms. The van der Waals surface area contributed by atoms with Gasteiger partial charge in [0.15, 0.2) is 0 Å². The minimum Gasteiger partial charge on any atom is -0.462 e. The summed E-state index contributed by atoms with van der Waals surface area (Å²) in [6.07, 6.45) is 3.79. The molecule has 5 heteroatoms. The number of ether oxygens (including phenoxy) is 1. The predicted octanol–water partition coefficient (Wildman–Crippen LogP) is 2.36. The molecule has 0 aliphatic heterocycles. The number of rotatable bonds is 4. The molecule has 0 N–H and O–H groups in total. The molecular weight excluding hydrogens is 272 g/mol. The lowest BCUT2D eigenvalue weighted by molar-refractivity contribution is -0.135. The van der Waals surface area contributed by atoms with Gasteiger partial charge in [0.05, 0.1) is 6.61 Å². The Morgan fingerprint density at radius 3 is 2.28 bits per heavy atom. The molecule has 0 aliphatic rings. The summed E-state index contributed by atoms with van der Waals surface area (Å²) >= 11 is 5.80. The number of esters is 1. The van der Waals surface area contributed by atoms with Gasteiger partial charge in [-0.15, -0.1) is 0 Å². The van der Waals surface area contributed by atoms with Crippen LogP contribution in [-0.2, 0) is 19.1 Å². The molecule has 0 unspecified atom stereocenters. The summed E-state index contributed by atoms with van der Waals surface area (Å²) in [4.78, 5) is 12.2. The van der Waals surface area contributed by atoms with Crippen molar-refractivity contribution >= 4 is 32.0 Å². The highest BCUT2D eigenvalue weighted by Gasteiger charge is 2.19. The molecule has 0 heterocycles. The lowest BCUT2D eigenvalue weighted by atomic mass is 10.1. The van der Waals surface area contributed by atoms with Crippen LogP contribution < -0.4 is 0 Å². The molecule has 0 amide bonds. The van der Waals surface area contributed by atoms with Crippen molar-refractivity contribution in [3.63, 3.8) is 0 Å². The molecule has 18 heavy (non-hydrogen) atoms. The van der Waals surface area contributed by atoms with Crippen LogP contribution in [-0.4, -0.2) is 34.2 Å². The molecule has 0 radical (unpaired) electrons. The van der Waals surface area contributed by atoms with Gasteiger partial charge in [-0.25, -0.2) is 4.79 Å². The summed E-state index contributed by atoms with van der Waals surface area (Å²) in [5.41, 5.74) is 0.593. The highest BCUT2D eigenvalue weighted by atomic mass is 35.5. The third kappa shape index (κ3) is 4.03. The topological polar surface area (TPSA) is 43.4 Å². The quantitative estimate of drug-likeness (QED) is 0.485. The van der Waals surface area contributed by atoms with Gasteiger partial charge in [-0.3, -0.25) is 4.21 Å². The van der Waals surface area contributed by atoms with Gasteiger partial charge in [0, 0.05) is 17.5 Å². The third-order valence-corrected chi connectivity index (χ3v) is 3.86. The molecule has 0 saturated heterocycles. The van der Waals surface area contributed by atoms with Crippen molar-refractivity contribution in [1.29, 1.82) is 0 Å². The fraction of sp³-hybridized carbons (Fsp3) is 0.385. The van der Waals surface area contributed by atoms with E-state index < -0.39 is 15.5 Å². The fourth-order valence-corrected chi connectivity index (χ4v) is 2.75. The van der Waals surface area contributed by atoms with Gasteiger partial charge in [-0.1, -0.05) is 30.7 Å². The molecule has 1 rings (SSSR count). The largest absolute Gasteiger partial charge is 0.462 e. The summed E-state index contributed by atoms with van der Waals surface area (Å²) in [5, 5.41) is 0.568. The maximum absolute atomic E-state index is 12.2. The van der Waals surface area contributed by atoms with Gasteiger partial charge < -0.3 is 4.74 Å². The van der Waals surface area contributed by atoms with Crippen LogP contribution in [0.5, 0.6) is 0 Å². The number of hydrogen-bond acceptors (Lipinski definition) is 3. The van der Waals surface area contributed by atoms with Crippen LogP contribution in [0.4, 0.5) is 0 Å². The van der Waals surface area contributed by atoms with Crippen LogP contribution in [0.15, 0.2) is 24.3 Å². The Morgan fingerprint density at radius 1 is 1.28 bits per heavy atom. The minimum absolute atomic E-state index is 0.215. The first kappa shape index (κ1) is 15.1. The smallest absolute Gasteiger partial charge is 0.346 e. The fourth-order valence-electron chi connectivity index (χ4n) is 1.46. The van der Waals surface area contributed by atoms with E-state index in [0.717, 1.165) is 6.42 Å². The van der Waals surface area contributed by atoms with Crippen LogP contribution in [0.1, 0.15) is 18.9 Å². The van der Waals surface area contributed by atoms with Gasteiger partial charge in [0.2, 0.25) is 0 Å². The zero-order chi connectivity index (χ0) is 13.8. The standard InChI is InChI=1S/C13H17ClO3S/c1-4-9-17-13(15)12(18(2,3)16)10-5-7-11(14)8-6-10/h5-8H,4,9H2,1-3H3. The number of carbonyl (C=O) groups excluding carboxylic acids is 1. The zero-order valence-corrected chi connectivity index (χ0v) is 12.3. The van der Waals surface area contributed by atoms with Crippen LogP contribution in [0.25, 0.3) is 0 Å². The van der Waals surface area contributed by atoms with Crippen molar-refractivity contribution in [3.05, 3.63) is 34.9 Å². The Hall–Kier alpha value is -1.00. The minimum atomic E-state index is -2.41. The van der Waals surface area contributed by atoms with Crippen molar-refractivity contribution in [1.82, 2.24) is 0 Å². The lowest BCUT2D eigenvalue weighted by Gasteiger charge is -2.11. The number of hydrogen-bond donors (Lipinski definition) is 0. The van der Waals surface area contributed by atoms with Gasteiger partial charge in [0.25, 0.3) is 0 Å².